The van der Waals surface area contributed by atoms with Gasteiger partial charge in [0.15, 0.2) is 0 Å². The number of urea groups is 1. The summed E-state index contributed by atoms with van der Waals surface area (Å²) in [6.45, 7) is 4.30. The Balaban J connectivity index is 2.24. The topological polar surface area (TPSA) is 84.7 Å². The first kappa shape index (κ1) is 18.5. The Morgan fingerprint density at radius 3 is 2.37 bits per heavy atom. The van der Waals surface area contributed by atoms with Gasteiger partial charge in [0.1, 0.15) is 0 Å². The van der Waals surface area contributed by atoms with Crippen molar-refractivity contribution in [2.75, 3.05) is 18.9 Å². The van der Waals surface area contributed by atoms with Crippen molar-refractivity contribution in [1.29, 1.82) is 0 Å². The number of nitrogens with two attached hydrogens (primary N) is 1. The zero-order valence-electron chi connectivity index (χ0n) is 15.4. The van der Waals surface area contributed by atoms with Gasteiger partial charge in [-0.15, -0.1) is 0 Å². The predicted octanol–water partition coefficient (Wildman–Crippen LogP) is 3.33. The Morgan fingerprint density at radius 2 is 1.78 bits per heavy atom. The smallest absolute Gasteiger partial charge is 0.338 e. The van der Waals surface area contributed by atoms with Crippen LogP contribution in [0.3, 0.4) is 0 Å². The van der Waals surface area contributed by atoms with Gasteiger partial charge in [-0.25, -0.2) is 9.59 Å². The number of nitrogens with one attached hydrogen (secondary N) is 1. The summed E-state index contributed by atoms with van der Waals surface area (Å²) in [5.41, 5.74) is 8.94. The predicted molar refractivity (Wildman–Crippen MR) is 105 cm³/mol. The van der Waals surface area contributed by atoms with Crippen molar-refractivity contribution < 1.29 is 14.3 Å². The second-order valence-electron chi connectivity index (χ2n) is 6.14. The SMILES string of the molecule is CCOC(=O)C1=C(c2ccccc2)N(CC)C(=O)N[C@@H]1c1ccc(N)cc1. The van der Waals surface area contributed by atoms with Crippen LogP contribution in [0.15, 0.2) is 60.2 Å². The van der Waals surface area contributed by atoms with Crippen molar-refractivity contribution in [3.8, 4) is 0 Å². The Bertz CT molecular complexity index is 860. The van der Waals surface area contributed by atoms with E-state index < -0.39 is 12.0 Å². The molecule has 1 aliphatic heterocycles. The first-order valence-electron chi connectivity index (χ1n) is 8.97. The van der Waals surface area contributed by atoms with Crippen molar-refractivity contribution in [2.45, 2.75) is 19.9 Å². The summed E-state index contributed by atoms with van der Waals surface area (Å²) in [6.07, 6.45) is 0. The van der Waals surface area contributed by atoms with E-state index >= 15 is 0 Å². The number of nitrogens with zero attached hydrogens (tertiary/aromatic N) is 1. The van der Waals surface area contributed by atoms with E-state index in [1.807, 2.05) is 49.4 Å². The molecule has 3 rings (SSSR count). The van der Waals surface area contributed by atoms with Gasteiger partial charge in [0.2, 0.25) is 0 Å². The minimum absolute atomic E-state index is 0.249. The molecule has 0 saturated heterocycles. The highest BCUT2D eigenvalue weighted by Gasteiger charge is 2.38. The highest BCUT2D eigenvalue weighted by molar-refractivity contribution is 6.04. The van der Waals surface area contributed by atoms with Crippen LogP contribution in [0.25, 0.3) is 5.70 Å². The van der Waals surface area contributed by atoms with Crippen LogP contribution in [0.1, 0.15) is 31.0 Å². The number of benzene rings is 2. The van der Waals surface area contributed by atoms with Gasteiger partial charge in [0.05, 0.1) is 23.9 Å². The molecule has 2 aromatic rings. The van der Waals surface area contributed by atoms with Crippen LogP contribution in [0, 0.1) is 0 Å². The van der Waals surface area contributed by atoms with E-state index in [9.17, 15) is 9.59 Å². The van der Waals surface area contributed by atoms with Gasteiger partial charge < -0.3 is 15.8 Å². The van der Waals surface area contributed by atoms with Crippen molar-refractivity contribution in [3.05, 3.63) is 71.3 Å². The molecule has 0 fully saturated rings. The maximum Gasteiger partial charge on any atom is 0.338 e. The maximum absolute atomic E-state index is 12.9. The van der Waals surface area contributed by atoms with Crippen LogP contribution in [0.4, 0.5) is 10.5 Å². The minimum atomic E-state index is -0.616. The van der Waals surface area contributed by atoms with Gasteiger partial charge in [-0.2, -0.15) is 0 Å². The minimum Gasteiger partial charge on any atom is -0.463 e. The molecule has 27 heavy (non-hydrogen) atoms. The zero-order chi connectivity index (χ0) is 19.4. The molecule has 6 heteroatoms. The van der Waals surface area contributed by atoms with Gasteiger partial charge in [0, 0.05) is 12.2 Å². The van der Waals surface area contributed by atoms with Crippen LogP contribution >= 0.6 is 0 Å². The van der Waals surface area contributed by atoms with E-state index in [1.165, 1.54) is 0 Å². The van der Waals surface area contributed by atoms with Gasteiger partial charge in [-0.1, -0.05) is 42.5 Å². The maximum atomic E-state index is 12.9. The van der Waals surface area contributed by atoms with E-state index in [-0.39, 0.29) is 12.6 Å². The molecule has 0 bridgehead atoms. The molecule has 6 nitrogen and oxygen atoms in total. The fourth-order valence-electron chi connectivity index (χ4n) is 3.23. The van der Waals surface area contributed by atoms with E-state index in [0.29, 0.717) is 23.5 Å². The molecule has 3 N–H and O–H groups in total. The second-order valence-corrected chi connectivity index (χ2v) is 6.14. The number of ether oxygens (including phenoxy) is 1. The van der Waals surface area contributed by atoms with E-state index in [1.54, 1.807) is 24.0 Å². The molecule has 0 saturated carbocycles. The number of esters is 1. The summed E-state index contributed by atoms with van der Waals surface area (Å²) >= 11 is 0. The summed E-state index contributed by atoms with van der Waals surface area (Å²) < 4.78 is 5.34. The van der Waals surface area contributed by atoms with Gasteiger partial charge in [-0.3, -0.25) is 4.90 Å². The van der Waals surface area contributed by atoms with E-state index in [4.69, 9.17) is 10.5 Å². The standard InChI is InChI=1S/C21H23N3O3/c1-3-24-19(15-8-6-5-7-9-15)17(20(25)27-4-2)18(23-21(24)26)14-10-12-16(22)13-11-14/h5-13,18H,3-4,22H2,1-2H3,(H,23,26)/t18-/m1/s1. The molecule has 2 amide bonds. The second kappa shape index (κ2) is 7.95. The van der Waals surface area contributed by atoms with E-state index in [2.05, 4.69) is 5.32 Å². The lowest BCUT2D eigenvalue weighted by molar-refractivity contribution is -0.138. The summed E-state index contributed by atoms with van der Waals surface area (Å²) in [5.74, 6) is -0.448. The average Bonchev–Trinajstić information content (AvgIpc) is 2.68. The number of rotatable bonds is 5. The lowest BCUT2D eigenvalue weighted by Crippen LogP contribution is -2.47. The highest BCUT2D eigenvalue weighted by Crippen LogP contribution is 2.36. The van der Waals surface area contributed by atoms with Gasteiger partial charge in [0.25, 0.3) is 0 Å². The van der Waals surface area contributed by atoms with Crippen LogP contribution in [-0.4, -0.2) is 30.1 Å². The molecule has 0 radical (unpaired) electrons. The number of hydrogen-bond acceptors (Lipinski definition) is 4. The Labute approximate surface area is 158 Å². The van der Waals surface area contributed by atoms with Crippen molar-refractivity contribution in [1.82, 2.24) is 10.2 Å². The quantitative estimate of drug-likeness (QED) is 0.629. The molecule has 2 aromatic carbocycles. The first-order chi connectivity index (χ1) is 13.1. The third kappa shape index (κ3) is 3.65. The zero-order valence-corrected chi connectivity index (χ0v) is 15.4. The molecule has 1 atom stereocenters. The molecule has 0 aliphatic carbocycles. The van der Waals surface area contributed by atoms with E-state index in [0.717, 1.165) is 11.1 Å². The first-order valence-corrected chi connectivity index (χ1v) is 8.97. The van der Waals surface area contributed by atoms with Crippen molar-refractivity contribution in [3.63, 3.8) is 0 Å². The van der Waals surface area contributed by atoms with Crippen LogP contribution < -0.4 is 11.1 Å². The van der Waals surface area contributed by atoms with Gasteiger partial charge >= 0.3 is 12.0 Å². The number of carbonyl (C=O) groups is 2. The average molecular weight is 365 g/mol. The molecule has 0 unspecified atom stereocenters. The summed E-state index contributed by atoms with van der Waals surface area (Å²) in [5, 5.41) is 2.93. The Kier molecular flexibility index (Phi) is 5.45. The molecular formula is C21H23N3O3. The van der Waals surface area contributed by atoms with Gasteiger partial charge in [-0.05, 0) is 37.1 Å². The number of carbonyl (C=O) groups excluding carboxylic acids is 2. The Morgan fingerprint density at radius 1 is 1.11 bits per heavy atom. The lowest BCUT2D eigenvalue weighted by Gasteiger charge is -2.36. The number of amides is 2. The molecule has 140 valence electrons. The van der Waals surface area contributed by atoms with Crippen molar-refractivity contribution >= 4 is 23.4 Å². The largest absolute Gasteiger partial charge is 0.463 e. The molecule has 0 spiro atoms. The summed E-state index contributed by atoms with van der Waals surface area (Å²) in [4.78, 5) is 27.3. The monoisotopic (exact) mass is 365 g/mol. The number of nitrogen functional groups attached to an aromatic ring is 1. The number of hydrogen-bond donors (Lipinski definition) is 2. The molecule has 0 aromatic heterocycles. The fraction of sp³-hybridized carbons (Fsp3) is 0.238. The normalized spacial score (nSPS) is 16.9. The Hall–Kier alpha value is -3.28. The summed E-state index contributed by atoms with van der Waals surface area (Å²) in [7, 11) is 0. The molecular weight excluding hydrogens is 342 g/mol. The third-order valence-corrected chi connectivity index (χ3v) is 4.46. The fourth-order valence-corrected chi connectivity index (χ4v) is 3.23. The molecule has 1 aliphatic rings. The van der Waals surface area contributed by atoms with Crippen LogP contribution in [0.2, 0.25) is 0 Å². The van der Waals surface area contributed by atoms with Crippen LogP contribution in [0.5, 0.6) is 0 Å². The van der Waals surface area contributed by atoms with Crippen LogP contribution in [-0.2, 0) is 9.53 Å². The lowest BCUT2D eigenvalue weighted by atomic mass is 9.91. The third-order valence-electron chi connectivity index (χ3n) is 4.46. The summed E-state index contributed by atoms with van der Waals surface area (Å²) in [6, 6.07) is 15.7. The van der Waals surface area contributed by atoms with Crippen molar-refractivity contribution in [2.24, 2.45) is 0 Å². The molecule has 1 heterocycles. The number of anilines is 1. The highest BCUT2D eigenvalue weighted by atomic mass is 16.5.